The van der Waals surface area contributed by atoms with Crippen LogP contribution in [-0.2, 0) is 6.54 Å². The molecule has 0 amide bonds. The molecule has 1 aromatic rings. The molecule has 0 N–H and O–H groups in total. The Labute approximate surface area is 119 Å². The molecule has 104 valence electrons. The van der Waals surface area contributed by atoms with Gasteiger partial charge in [-0.05, 0) is 38.1 Å². The van der Waals surface area contributed by atoms with Crippen LogP contribution in [0.4, 0.5) is 0 Å². The van der Waals surface area contributed by atoms with Gasteiger partial charge in [0.05, 0.1) is 17.1 Å². The van der Waals surface area contributed by atoms with E-state index in [0.29, 0.717) is 5.92 Å². The lowest BCUT2D eigenvalue weighted by molar-refractivity contribution is 0.102. The van der Waals surface area contributed by atoms with Crippen molar-refractivity contribution in [3.05, 3.63) is 15.6 Å². The average molecular weight is 278 g/mol. The van der Waals surface area contributed by atoms with Crippen LogP contribution in [0.5, 0.6) is 0 Å². The second kappa shape index (κ2) is 5.33. The molecule has 0 radical (unpaired) electrons. The molecule has 0 bridgehead atoms. The van der Waals surface area contributed by atoms with Gasteiger partial charge in [0.1, 0.15) is 5.01 Å². The molecular weight excluding hydrogens is 256 g/mol. The van der Waals surface area contributed by atoms with Crippen LogP contribution in [0.1, 0.15) is 65.8 Å². The maximum atomic E-state index is 11.7. The van der Waals surface area contributed by atoms with E-state index in [2.05, 4.69) is 11.8 Å². The number of hydrogen-bond acceptors (Lipinski definition) is 4. The number of hydrogen-bond donors (Lipinski definition) is 0. The summed E-state index contributed by atoms with van der Waals surface area (Å²) in [4.78, 5) is 19.9. The zero-order valence-electron chi connectivity index (χ0n) is 11.8. The lowest BCUT2D eigenvalue weighted by Gasteiger charge is -2.29. The van der Waals surface area contributed by atoms with Crippen molar-refractivity contribution in [1.82, 2.24) is 9.88 Å². The number of thiazole rings is 1. The Morgan fingerprint density at radius 2 is 2.21 bits per heavy atom. The van der Waals surface area contributed by atoms with Gasteiger partial charge < -0.3 is 0 Å². The number of piperidine rings is 1. The van der Waals surface area contributed by atoms with Crippen LogP contribution in [0.2, 0.25) is 0 Å². The summed E-state index contributed by atoms with van der Waals surface area (Å²) < 4.78 is 0. The molecule has 1 aliphatic heterocycles. The van der Waals surface area contributed by atoms with E-state index in [-0.39, 0.29) is 5.78 Å². The third kappa shape index (κ3) is 3.06. The van der Waals surface area contributed by atoms with Gasteiger partial charge in [-0.1, -0.05) is 6.92 Å². The van der Waals surface area contributed by atoms with Crippen LogP contribution < -0.4 is 0 Å². The third-order valence-corrected chi connectivity index (χ3v) is 5.24. The second-order valence-corrected chi connectivity index (χ2v) is 7.22. The summed E-state index contributed by atoms with van der Waals surface area (Å²) in [5, 5.41) is 1.14. The van der Waals surface area contributed by atoms with Gasteiger partial charge >= 0.3 is 0 Å². The van der Waals surface area contributed by atoms with Crippen LogP contribution in [0.15, 0.2) is 0 Å². The maximum absolute atomic E-state index is 11.7. The van der Waals surface area contributed by atoms with Crippen LogP contribution in [-0.4, -0.2) is 28.8 Å². The predicted molar refractivity (Wildman–Crippen MR) is 77.8 cm³/mol. The number of aromatic nitrogens is 1. The highest BCUT2D eigenvalue weighted by Gasteiger charge is 2.31. The van der Waals surface area contributed by atoms with Crippen LogP contribution >= 0.6 is 11.3 Å². The van der Waals surface area contributed by atoms with Crippen molar-refractivity contribution in [3.8, 4) is 0 Å². The Balaban J connectivity index is 1.73. The molecular formula is C15H22N2OS. The van der Waals surface area contributed by atoms with Crippen molar-refractivity contribution in [3.63, 3.8) is 0 Å². The first-order valence-electron chi connectivity index (χ1n) is 7.36. The van der Waals surface area contributed by atoms with E-state index in [1.54, 1.807) is 18.3 Å². The molecule has 3 rings (SSSR count). The van der Waals surface area contributed by atoms with E-state index in [1.807, 2.05) is 0 Å². The summed E-state index contributed by atoms with van der Waals surface area (Å²) in [6, 6.07) is 0. The Morgan fingerprint density at radius 3 is 2.84 bits per heavy atom. The normalized spacial score (nSPS) is 24.6. The molecule has 3 nitrogen and oxygen atoms in total. The van der Waals surface area contributed by atoms with Crippen LogP contribution in [0, 0.1) is 5.92 Å². The zero-order valence-corrected chi connectivity index (χ0v) is 12.6. The van der Waals surface area contributed by atoms with Crippen molar-refractivity contribution in [2.75, 3.05) is 13.1 Å². The van der Waals surface area contributed by atoms with Gasteiger partial charge in [-0.2, -0.15) is 0 Å². The third-order valence-electron chi connectivity index (χ3n) is 4.08. The monoisotopic (exact) mass is 278 g/mol. The predicted octanol–water partition coefficient (Wildman–Crippen LogP) is 3.46. The van der Waals surface area contributed by atoms with Crippen LogP contribution in [0.3, 0.4) is 0 Å². The van der Waals surface area contributed by atoms with E-state index in [9.17, 15) is 4.79 Å². The van der Waals surface area contributed by atoms with Gasteiger partial charge in [0.15, 0.2) is 5.78 Å². The fraction of sp³-hybridized carbons (Fsp3) is 0.733. The standard InChI is InChI=1S/C15H22N2OS/c1-10-4-3-7-17(8-10)9-13-16-14(12-5-6-12)15(19-13)11(2)18/h10,12H,3-9H2,1-2H3. The van der Waals surface area contributed by atoms with Crippen molar-refractivity contribution in [2.24, 2.45) is 5.92 Å². The van der Waals surface area contributed by atoms with Crippen molar-refractivity contribution < 1.29 is 4.79 Å². The van der Waals surface area contributed by atoms with E-state index in [1.165, 1.54) is 38.8 Å². The molecule has 1 unspecified atom stereocenters. The fourth-order valence-corrected chi connectivity index (χ4v) is 4.04. The van der Waals surface area contributed by atoms with Gasteiger partial charge in [0.25, 0.3) is 0 Å². The summed E-state index contributed by atoms with van der Waals surface area (Å²) in [7, 11) is 0. The summed E-state index contributed by atoms with van der Waals surface area (Å²) in [6.45, 7) is 7.28. The molecule has 1 aromatic heterocycles. The molecule has 2 aliphatic rings. The first-order valence-corrected chi connectivity index (χ1v) is 8.18. The quantitative estimate of drug-likeness (QED) is 0.791. The smallest absolute Gasteiger partial charge is 0.171 e. The SMILES string of the molecule is CC(=O)c1sc(CN2CCCC(C)C2)nc1C1CC1. The van der Waals surface area contributed by atoms with Crippen molar-refractivity contribution >= 4 is 17.1 Å². The summed E-state index contributed by atoms with van der Waals surface area (Å²) in [5.41, 5.74) is 1.09. The van der Waals surface area contributed by atoms with Gasteiger partial charge in [-0.15, -0.1) is 11.3 Å². The van der Waals surface area contributed by atoms with Gasteiger partial charge in [0, 0.05) is 19.4 Å². The number of likely N-dealkylation sites (tertiary alicyclic amines) is 1. The Morgan fingerprint density at radius 1 is 1.42 bits per heavy atom. The Bertz CT molecular complexity index is 478. The second-order valence-electron chi connectivity index (χ2n) is 6.13. The number of nitrogens with zero attached hydrogens (tertiary/aromatic N) is 2. The minimum Gasteiger partial charge on any atom is -0.296 e. The molecule has 2 heterocycles. The fourth-order valence-electron chi connectivity index (χ4n) is 2.95. The van der Waals surface area contributed by atoms with Gasteiger partial charge in [0.2, 0.25) is 0 Å². The molecule has 2 fully saturated rings. The first kappa shape index (κ1) is 13.3. The largest absolute Gasteiger partial charge is 0.296 e. The topological polar surface area (TPSA) is 33.2 Å². The Kier molecular flexibility index (Phi) is 3.72. The first-order chi connectivity index (χ1) is 9.13. The molecule has 1 aliphatic carbocycles. The maximum Gasteiger partial charge on any atom is 0.171 e. The number of ketones is 1. The van der Waals surface area contributed by atoms with E-state index in [0.717, 1.165) is 28.0 Å². The van der Waals surface area contributed by atoms with Gasteiger partial charge in [-0.25, -0.2) is 4.98 Å². The minimum absolute atomic E-state index is 0.192. The van der Waals surface area contributed by atoms with Crippen molar-refractivity contribution in [2.45, 2.75) is 52.0 Å². The molecule has 1 saturated carbocycles. The van der Waals surface area contributed by atoms with Crippen LogP contribution in [0.25, 0.3) is 0 Å². The van der Waals surface area contributed by atoms with E-state index < -0.39 is 0 Å². The van der Waals surface area contributed by atoms with E-state index >= 15 is 0 Å². The van der Waals surface area contributed by atoms with Gasteiger partial charge in [-0.3, -0.25) is 9.69 Å². The highest BCUT2D eigenvalue weighted by atomic mass is 32.1. The number of Topliss-reactive ketones (excluding diaryl/α,β-unsaturated/α-hetero) is 1. The summed E-state index contributed by atoms with van der Waals surface area (Å²) in [5.74, 6) is 1.56. The average Bonchev–Trinajstić information content (AvgIpc) is 3.11. The Hall–Kier alpha value is -0.740. The highest BCUT2D eigenvalue weighted by molar-refractivity contribution is 7.13. The molecule has 0 spiro atoms. The summed E-state index contributed by atoms with van der Waals surface area (Å²) in [6.07, 6.45) is 5.07. The zero-order chi connectivity index (χ0) is 13.4. The summed E-state index contributed by atoms with van der Waals surface area (Å²) >= 11 is 1.63. The van der Waals surface area contributed by atoms with E-state index in [4.69, 9.17) is 4.98 Å². The number of rotatable bonds is 4. The molecule has 0 aromatic carbocycles. The lowest BCUT2D eigenvalue weighted by Crippen LogP contribution is -2.33. The number of carbonyl (C=O) groups excluding carboxylic acids is 1. The molecule has 19 heavy (non-hydrogen) atoms. The lowest BCUT2D eigenvalue weighted by atomic mass is 10.0. The number of carbonyl (C=O) groups is 1. The minimum atomic E-state index is 0.192. The molecule has 1 saturated heterocycles. The van der Waals surface area contributed by atoms with Crippen molar-refractivity contribution in [1.29, 1.82) is 0 Å². The molecule has 4 heteroatoms. The highest BCUT2D eigenvalue weighted by Crippen LogP contribution is 2.43. The molecule has 1 atom stereocenters.